The van der Waals surface area contributed by atoms with Gasteiger partial charge in [0, 0.05) is 29.0 Å². The van der Waals surface area contributed by atoms with Gasteiger partial charge in [-0.25, -0.2) is 0 Å². The first kappa shape index (κ1) is 12.8. The highest BCUT2D eigenvalue weighted by Crippen LogP contribution is 2.21. The lowest BCUT2D eigenvalue weighted by atomic mass is 10.1. The maximum absolute atomic E-state index is 9.32. The van der Waals surface area contributed by atoms with Gasteiger partial charge in [0.2, 0.25) is 0 Å². The smallest absolute Gasteiger partial charge is 0.0702 e. The van der Waals surface area contributed by atoms with Crippen molar-refractivity contribution in [2.75, 3.05) is 10.6 Å². The molecule has 0 spiro atoms. The van der Waals surface area contributed by atoms with Crippen LogP contribution < -0.4 is 10.6 Å². The molecule has 0 aliphatic rings. The summed E-state index contributed by atoms with van der Waals surface area (Å²) in [6.07, 6.45) is 0. The third-order valence-electron chi connectivity index (χ3n) is 2.18. The first-order chi connectivity index (χ1) is 7.52. The molecule has 1 aromatic carbocycles. The molecule has 3 heteroatoms. The molecule has 0 heterocycles. The molecule has 0 unspecified atom stereocenters. The fourth-order valence-electron chi connectivity index (χ4n) is 1.60. The van der Waals surface area contributed by atoms with Gasteiger partial charge < -0.3 is 15.7 Å². The van der Waals surface area contributed by atoms with Crippen LogP contribution in [0.15, 0.2) is 18.2 Å². The van der Waals surface area contributed by atoms with Gasteiger partial charge in [0.25, 0.3) is 0 Å². The quantitative estimate of drug-likeness (QED) is 0.718. The predicted octanol–water partition coefficient (Wildman–Crippen LogP) is 2.82. The standard InChI is InChI=1S/C13H22N2O/c1-9(2)14-12-5-6-13(15-10(3)4)11(7-12)8-16/h5-7,9-10,14-16H,8H2,1-4H3. The zero-order valence-electron chi connectivity index (χ0n) is 10.5. The first-order valence-electron chi connectivity index (χ1n) is 5.79. The second kappa shape index (κ2) is 5.75. The minimum absolute atomic E-state index is 0.0582. The third-order valence-corrected chi connectivity index (χ3v) is 2.18. The van der Waals surface area contributed by atoms with Gasteiger partial charge in [0.15, 0.2) is 0 Å². The van der Waals surface area contributed by atoms with Crippen molar-refractivity contribution in [3.63, 3.8) is 0 Å². The van der Waals surface area contributed by atoms with Crippen LogP contribution in [-0.2, 0) is 6.61 Å². The molecule has 1 rings (SSSR count). The lowest BCUT2D eigenvalue weighted by Crippen LogP contribution is -2.13. The molecule has 3 N–H and O–H groups in total. The van der Waals surface area contributed by atoms with E-state index in [1.807, 2.05) is 18.2 Å². The average molecular weight is 222 g/mol. The molecule has 0 aliphatic carbocycles. The number of aliphatic hydroxyl groups is 1. The number of rotatable bonds is 5. The summed E-state index contributed by atoms with van der Waals surface area (Å²) >= 11 is 0. The van der Waals surface area contributed by atoms with Crippen LogP contribution in [0.4, 0.5) is 11.4 Å². The Bertz CT molecular complexity index is 335. The monoisotopic (exact) mass is 222 g/mol. The fourth-order valence-corrected chi connectivity index (χ4v) is 1.60. The Morgan fingerprint density at radius 2 is 1.69 bits per heavy atom. The second-order valence-corrected chi connectivity index (χ2v) is 4.63. The van der Waals surface area contributed by atoms with Gasteiger partial charge in [0.1, 0.15) is 0 Å². The van der Waals surface area contributed by atoms with E-state index in [0.717, 1.165) is 16.9 Å². The minimum atomic E-state index is 0.0582. The van der Waals surface area contributed by atoms with E-state index in [1.54, 1.807) is 0 Å². The highest BCUT2D eigenvalue weighted by Gasteiger charge is 2.04. The topological polar surface area (TPSA) is 44.3 Å². The number of anilines is 2. The molecule has 0 bridgehead atoms. The van der Waals surface area contributed by atoms with Gasteiger partial charge in [-0.15, -0.1) is 0 Å². The van der Waals surface area contributed by atoms with Crippen molar-refractivity contribution < 1.29 is 5.11 Å². The van der Waals surface area contributed by atoms with Crippen LogP contribution in [0.5, 0.6) is 0 Å². The summed E-state index contributed by atoms with van der Waals surface area (Å²) in [5, 5.41) is 16.0. The van der Waals surface area contributed by atoms with E-state index in [-0.39, 0.29) is 6.61 Å². The molecule has 16 heavy (non-hydrogen) atoms. The Labute approximate surface area is 97.9 Å². The minimum Gasteiger partial charge on any atom is -0.392 e. The van der Waals surface area contributed by atoms with Crippen LogP contribution in [0.2, 0.25) is 0 Å². The third kappa shape index (κ3) is 3.74. The van der Waals surface area contributed by atoms with Crippen molar-refractivity contribution >= 4 is 11.4 Å². The molecule has 0 amide bonds. The van der Waals surface area contributed by atoms with Crippen molar-refractivity contribution in [2.24, 2.45) is 0 Å². The summed E-state index contributed by atoms with van der Waals surface area (Å²) in [5.74, 6) is 0. The summed E-state index contributed by atoms with van der Waals surface area (Å²) in [6, 6.07) is 6.80. The number of benzene rings is 1. The lowest BCUT2D eigenvalue weighted by molar-refractivity contribution is 0.282. The maximum atomic E-state index is 9.32. The SMILES string of the molecule is CC(C)Nc1ccc(NC(C)C)c(CO)c1. The zero-order valence-corrected chi connectivity index (χ0v) is 10.5. The van der Waals surface area contributed by atoms with Gasteiger partial charge in [0.05, 0.1) is 6.61 Å². The van der Waals surface area contributed by atoms with Gasteiger partial charge in [-0.05, 0) is 45.9 Å². The van der Waals surface area contributed by atoms with Crippen LogP contribution >= 0.6 is 0 Å². The predicted molar refractivity (Wildman–Crippen MR) is 69.9 cm³/mol. The largest absolute Gasteiger partial charge is 0.392 e. The molecule has 0 atom stereocenters. The number of aliphatic hydroxyl groups excluding tert-OH is 1. The second-order valence-electron chi connectivity index (χ2n) is 4.63. The van der Waals surface area contributed by atoms with Crippen LogP contribution in [0, 0.1) is 0 Å². The Kier molecular flexibility index (Phi) is 4.62. The average Bonchev–Trinajstić information content (AvgIpc) is 2.18. The summed E-state index contributed by atoms with van der Waals surface area (Å²) < 4.78 is 0. The van der Waals surface area contributed by atoms with Gasteiger partial charge in [-0.3, -0.25) is 0 Å². The highest BCUT2D eigenvalue weighted by atomic mass is 16.3. The van der Waals surface area contributed by atoms with Crippen molar-refractivity contribution in [3.05, 3.63) is 23.8 Å². The Balaban J connectivity index is 2.88. The molecule has 3 nitrogen and oxygen atoms in total. The van der Waals surface area contributed by atoms with E-state index in [4.69, 9.17) is 0 Å². The molecule has 90 valence electrons. The molecule has 1 aromatic rings. The lowest BCUT2D eigenvalue weighted by Gasteiger charge is -2.16. The zero-order chi connectivity index (χ0) is 12.1. The Hall–Kier alpha value is -1.22. The number of nitrogens with one attached hydrogen (secondary N) is 2. The maximum Gasteiger partial charge on any atom is 0.0702 e. The molecular weight excluding hydrogens is 200 g/mol. The summed E-state index contributed by atoms with van der Waals surface area (Å²) in [7, 11) is 0. The molecular formula is C13H22N2O. The molecule has 0 saturated heterocycles. The normalized spacial score (nSPS) is 10.9. The van der Waals surface area contributed by atoms with E-state index in [9.17, 15) is 5.11 Å². The molecule has 0 aromatic heterocycles. The van der Waals surface area contributed by atoms with E-state index >= 15 is 0 Å². The van der Waals surface area contributed by atoms with Gasteiger partial charge >= 0.3 is 0 Å². The van der Waals surface area contributed by atoms with Crippen molar-refractivity contribution in [1.82, 2.24) is 0 Å². The van der Waals surface area contributed by atoms with E-state index < -0.39 is 0 Å². The van der Waals surface area contributed by atoms with Crippen LogP contribution in [-0.4, -0.2) is 17.2 Å². The molecule has 0 radical (unpaired) electrons. The van der Waals surface area contributed by atoms with Crippen molar-refractivity contribution in [2.45, 2.75) is 46.4 Å². The van der Waals surface area contributed by atoms with Gasteiger partial charge in [-0.1, -0.05) is 0 Å². The van der Waals surface area contributed by atoms with E-state index in [1.165, 1.54) is 0 Å². The summed E-state index contributed by atoms with van der Waals surface area (Å²) in [6.45, 7) is 8.42. The highest BCUT2D eigenvalue weighted by molar-refractivity contribution is 5.60. The van der Waals surface area contributed by atoms with Crippen LogP contribution in [0.3, 0.4) is 0 Å². The molecule has 0 fully saturated rings. The number of hydrogen-bond acceptors (Lipinski definition) is 3. The van der Waals surface area contributed by atoms with E-state index in [2.05, 4.69) is 38.3 Å². The molecule has 0 aliphatic heterocycles. The van der Waals surface area contributed by atoms with Crippen molar-refractivity contribution in [1.29, 1.82) is 0 Å². The first-order valence-corrected chi connectivity index (χ1v) is 5.79. The number of hydrogen-bond donors (Lipinski definition) is 3. The fraction of sp³-hybridized carbons (Fsp3) is 0.538. The van der Waals surface area contributed by atoms with Crippen LogP contribution in [0.25, 0.3) is 0 Å². The van der Waals surface area contributed by atoms with Crippen LogP contribution in [0.1, 0.15) is 33.3 Å². The summed E-state index contributed by atoms with van der Waals surface area (Å²) in [5.41, 5.74) is 2.99. The van der Waals surface area contributed by atoms with Gasteiger partial charge in [-0.2, -0.15) is 0 Å². The summed E-state index contributed by atoms with van der Waals surface area (Å²) in [4.78, 5) is 0. The Morgan fingerprint density at radius 1 is 1.06 bits per heavy atom. The van der Waals surface area contributed by atoms with Crippen molar-refractivity contribution in [3.8, 4) is 0 Å². The Morgan fingerprint density at radius 3 is 2.19 bits per heavy atom. The molecule has 0 saturated carbocycles. The van der Waals surface area contributed by atoms with E-state index in [0.29, 0.717) is 12.1 Å².